The first-order valence-corrected chi connectivity index (χ1v) is 9.67. The first-order chi connectivity index (χ1) is 12.6. The highest BCUT2D eigenvalue weighted by molar-refractivity contribution is 8.00. The van der Waals surface area contributed by atoms with E-state index in [1.165, 1.54) is 7.11 Å². The number of amides is 1. The minimum absolute atomic E-state index is 0.0252. The maximum absolute atomic E-state index is 12.3. The van der Waals surface area contributed by atoms with Gasteiger partial charge in [-0.1, -0.05) is 18.2 Å². The SMILES string of the molecule is CCOc1ccc(C2SCC(=O)N2CCc2ccc(O)c(OC)c2)cc1. The van der Waals surface area contributed by atoms with Gasteiger partial charge in [-0.3, -0.25) is 4.79 Å². The number of aromatic hydroxyl groups is 1. The van der Waals surface area contributed by atoms with Gasteiger partial charge >= 0.3 is 0 Å². The van der Waals surface area contributed by atoms with Crippen LogP contribution in [0.15, 0.2) is 42.5 Å². The zero-order chi connectivity index (χ0) is 18.5. The summed E-state index contributed by atoms with van der Waals surface area (Å²) in [7, 11) is 1.53. The number of benzene rings is 2. The highest BCUT2D eigenvalue weighted by Gasteiger charge is 2.32. The molecule has 1 aliphatic heterocycles. The van der Waals surface area contributed by atoms with E-state index in [1.54, 1.807) is 17.8 Å². The fraction of sp³-hybridized carbons (Fsp3) is 0.350. The van der Waals surface area contributed by atoms with Crippen LogP contribution in [0.5, 0.6) is 17.2 Å². The molecule has 0 radical (unpaired) electrons. The lowest BCUT2D eigenvalue weighted by molar-refractivity contribution is -0.128. The van der Waals surface area contributed by atoms with E-state index in [2.05, 4.69) is 0 Å². The van der Waals surface area contributed by atoms with Crippen molar-refractivity contribution in [1.29, 1.82) is 0 Å². The van der Waals surface area contributed by atoms with Crippen molar-refractivity contribution in [2.24, 2.45) is 0 Å². The Morgan fingerprint density at radius 1 is 1.23 bits per heavy atom. The van der Waals surface area contributed by atoms with Crippen molar-refractivity contribution in [3.63, 3.8) is 0 Å². The van der Waals surface area contributed by atoms with Crippen molar-refractivity contribution in [1.82, 2.24) is 4.90 Å². The zero-order valence-corrected chi connectivity index (χ0v) is 15.8. The van der Waals surface area contributed by atoms with Gasteiger partial charge in [-0.05, 0) is 48.7 Å². The van der Waals surface area contributed by atoms with Gasteiger partial charge in [-0.2, -0.15) is 0 Å². The van der Waals surface area contributed by atoms with E-state index >= 15 is 0 Å². The van der Waals surface area contributed by atoms with E-state index < -0.39 is 0 Å². The summed E-state index contributed by atoms with van der Waals surface area (Å²) in [6.07, 6.45) is 0.705. The minimum atomic E-state index is 0.0252. The third-order valence-corrected chi connectivity index (χ3v) is 5.59. The lowest BCUT2D eigenvalue weighted by Gasteiger charge is -2.24. The number of methoxy groups -OCH3 is 1. The molecule has 1 aliphatic rings. The second kappa shape index (κ2) is 8.36. The van der Waals surface area contributed by atoms with Crippen LogP contribution in [-0.2, 0) is 11.2 Å². The normalized spacial score (nSPS) is 16.8. The number of hydrogen-bond donors (Lipinski definition) is 1. The molecule has 0 saturated carbocycles. The predicted octanol–water partition coefficient (Wildman–Crippen LogP) is 3.62. The Bertz CT molecular complexity index is 763. The monoisotopic (exact) mass is 373 g/mol. The molecule has 2 aromatic carbocycles. The molecule has 1 heterocycles. The molecular formula is C20H23NO4S. The molecule has 0 spiro atoms. The molecule has 26 heavy (non-hydrogen) atoms. The van der Waals surface area contributed by atoms with Crippen LogP contribution in [0.3, 0.4) is 0 Å². The number of rotatable bonds is 7. The summed E-state index contributed by atoms with van der Waals surface area (Å²) in [5.74, 6) is 2.06. The van der Waals surface area contributed by atoms with Crippen LogP contribution in [0.1, 0.15) is 23.4 Å². The topological polar surface area (TPSA) is 59.0 Å². The molecule has 1 amide bonds. The molecule has 0 aliphatic carbocycles. The number of hydrogen-bond acceptors (Lipinski definition) is 5. The molecule has 1 saturated heterocycles. The average molecular weight is 373 g/mol. The molecule has 5 nitrogen and oxygen atoms in total. The lowest BCUT2D eigenvalue weighted by atomic mass is 10.1. The number of phenolic OH excluding ortho intramolecular Hbond substituents is 1. The number of ether oxygens (including phenoxy) is 2. The number of thioether (sulfide) groups is 1. The van der Waals surface area contributed by atoms with Gasteiger partial charge in [0.2, 0.25) is 5.91 Å². The summed E-state index contributed by atoms with van der Waals surface area (Å²) in [5.41, 5.74) is 2.13. The van der Waals surface area contributed by atoms with E-state index in [-0.39, 0.29) is 17.0 Å². The maximum Gasteiger partial charge on any atom is 0.233 e. The van der Waals surface area contributed by atoms with Crippen LogP contribution in [0.2, 0.25) is 0 Å². The van der Waals surface area contributed by atoms with Gasteiger partial charge in [-0.25, -0.2) is 0 Å². The summed E-state index contributed by atoms with van der Waals surface area (Å²) in [5, 5.41) is 9.73. The average Bonchev–Trinajstić information content (AvgIpc) is 3.02. The van der Waals surface area contributed by atoms with Gasteiger partial charge in [0.05, 0.1) is 19.5 Å². The lowest BCUT2D eigenvalue weighted by Crippen LogP contribution is -2.30. The third kappa shape index (κ3) is 4.07. The van der Waals surface area contributed by atoms with E-state index in [9.17, 15) is 9.90 Å². The van der Waals surface area contributed by atoms with Crippen LogP contribution >= 0.6 is 11.8 Å². The minimum Gasteiger partial charge on any atom is -0.504 e. The predicted molar refractivity (Wildman–Crippen MR) is 103 cm³/mol. The number of nitrogens with zero attached hydrogens (tertiary/aromatic N) is 1. The Morgan fingerprint density at radius 2 is 2.00 bits per heavy atom. The van der Waals surface area contributed by atoms with Gasteiger partial charge < -0.3 is 19.5 Å². The number of carbonyl (C=O) groups is 1. The van der Waals surface area contributed by atoms with Crippen molar-refractivity contribution >= 4 is 17.7 Å². The summed E-state index contributed by atoms with van der Waals surface area (Å²) >= 11 is 1.65. The van der Waals surface area contributed by atoms with Crippen molar-refractivity contribution in [3.05, 3.63) is 53.6 Å². The molecular weight excluding hydrogens is 350 g/mol. The number of carbonyl (C=O) groups excluding carboxylic acids is 1. The van der Waals surface area contributed by atoms with Crippen molar-refractivity contribution in [2.45, 2.75) is 18.7 Å². The summed E-state index contributed by atoms with van der Waals surface area (Å²) < 4.78 is 10.6. The molecule has 2 aromatic rings. The molecule has 6 heteroatoms. The van der Waals surface area contributed by atoms with Crippen molar-refractivity contribution < 1.29 is 19.4 Å². The van der Waals surface area contributed by atoms with E-state index in [1.807, 2.05) is 48.2 Å². The van der Waals surface area contributed by atoms with Gasteiger partial charge in [0.15, 0.2) is 11.5 Å². The van der Waals surface area contributed by atoms with Crippen LogP contribution in [0, 0.1) is 0 Å². The van der Waals surface area contributed by atoms with Gasteiger partial charge in [-0.15, -0.1) is 11.8 Å². The smallest absolute Gasteiger partial charge is 0.233 e. The van der Waals surface area contributed by atoms with Crippen LogP contribution in [0.25, 0.3) is 0 Å². The fourth-order valence-corrected chi connectivity index (χ4v) is 4.21. The quantitative estimate of drug-likeness (QED) is 0.803. The van der Waals surface area contributed by atoms with Gasteiger partial charge in [0.25, 0.3) is 0 Å². The third-order valence-electron chi connectivity index (χ3n) is 4.33. The Hall–Kier alpha value is -2.34. The van der Waals surface area contributed by atoms with Crippen molar-refractivity contribution in [2.75, 3.05) is 26.0 Å². The van der Waals surface area contributed by atoms with Crippen LogP contribution < -0.4 is 9.47 Å². The fourth-order valence-electron chi connectivity index (χ4n) is 2.99. The zero-order valence-electron chi connectivity index (χ0n) is 15.0. The van der Waals surface area contributed by atoms with E-state index in [0.29, 0.717) is 31.1 Å². The second-order valence-corrected chi connectivity index (χ2v) is 7.08. The summed E-state index contributed by atoms with van der Waals surface area (Å²) in [6, 6.07) is 13.2. The highest BCUT2D eigenvalue weighted by atomic mass is 32.2. The molecule has 138 valence electrons. The molecule has 1 N–H and O–H groups in total. The van der Waals surface area contributed by atoms with Gasteiger partial charge in [0.1, 0.15) is 11.1 Å². The maximum atomic E-state index is 12.3. The molecule has 3 rings (SSSR count). The largest absolute Gasteiger partial charge is 0.504 e. The summed E-state index contributed by atoms with van der Waals surface area (Å²) in [4.78, 5) is 14.3. The standard InChI is InChI=1S/C20H23NO4S/c1-3-25-16-7-5-15(6-8-16)20-21(19(23)13-26-20)11-10-14-4-9-17(22)18(12-14)24-2/h4-9,12,20,22H,3,10-11,13H2,1-2H3. The van der Waals surface area contributed by atoms with Crippen molar-refractivity contribution in [3.8, 4) is 17.2 Å². The molecule has 1 fully saturated rings. The van der Waals surface area contributed by atoms with Gasteiger partial charge in [0, 0.05) is 6.54 Å². The summed E-state index contributed by atoms with van der Waals surface area (Å²) in [6.45, 7) is 3.22. The first-order valence-electron chi connectivity index (χ1n) is 8.62. The molecule has 0 aromatic heterocycles. The van der Waals surface area contributed by atoms with Crippen LogP contribution in [0.4, 0.5) is 0 Å². The molecule has 1 unspecified atom stereocenters. The molecule has 0 bridgehead atoms. The number of phenols is 1. The highest BCUT2D eigenvalue weighted by Crippen LogP contribution is 2.39. The second-order valence-electron chi connectivity index (χ2n) is 6.01. The Morgan fingerprint density at radius 3 is 2.69 bits per heavy atom. The first kappa shape index (κ1) is 18.5. The molecule has 1 atom stereocenters. The van der Waals surface area contributed by atoms with E-state index in [0.717, 1.165) is 16.9 Å². The van der Waals surface area contributed by atoms with E-state index in [4.69, 9.17) is 9.47 Å². The Labute approximate surface area is 157 Å². The Balaban J connectivity index is 1.70. The van der Waals surface area contributed by atoms with Crippen LogP contribution in [-0.4, -0.2) is 41.9 Å². The Kier molecular flexibility index (Phi) is 5.93.